The zero-order chi connectivity index (χ0) is 10.3. The van der Waals surface area contributed by atoms with E-state index in [0.29, 0.717) is 11.3 Å². The van der Waals surface area contributed by atoms with E-state index in [9.17, 15) is 4.79 Å². The van der Waals surface area contributed by atoms with Crippen LogP contribution in [0.1, 0.15) is 15.9 Å². The number of hydrogen-bond acceptors (Lipinski definition) is 4. The van der Waals surface area contributed by atoms with Crippen molar-refractivity contribution in [2.24, 2.45) is 0 Å². The van der Waals surface area contributed by atoms with E-state index in [2.05, 4.69) is 26.0 Å². The third-order valence-electron chi connectivity index (χ3n) is 2.02. The number of benzene rings is 1. The molecule has 1 aromatic rings. The molecule has 5 heteroatoms. The van der Waals surface area contributed by atoms with Crippen molar-refractivity contribution >= 4 is 27.6 Å². The molecule has 1 aromatic carbocycles. The number of carbonyl (C=O) groups is 1. The molecule has 0 spiro atoms. The van der Waals surface area contributed by atoms with Crippen molar-refractivity contribution in [1.29, 1.82) is 0 Å². The quantitative estimate of drug-likeness (QED) is 0.694. The van der Waals surface area contributed by atoms with Crippen LogP contribution in [-0.4, -0.2) is 17.5 Å². The van der Waals surface area contributed by atoms with Crippen molar-refractivity contribution in [3.63, 3.8) is 0 Å². The summed E-state index contributed by atoms with van der Waals surface area (Å²) in [7, 11) is 0. The number of fused-ring (bicyclic) bond motifs is 1. The summed E-state index contributed by atoms with van der Waals surface area (Å²) in [5.74, 6) is -0.512. The highest BCUT2D eigenvalue weighted by atomic mass is 79.9. The average Bonchev–Trinajstić information content (AvgIpc) is 2.08. The Morgan fingerprint density at radius 3 is 3.00 bits per heavy atom. The maximum atomic E-state index is 11.3. The molecule has 1 aliphatic rings. The van der Waals surface area contributed by atoms with Crippen LogP contribution in [0.3, 0.4) is 0 Å². The molecule has 0 aliphatic carbocycles. The second-order valence-electron chi connectivity index (χ2n) is 3.05. The lowest BCUT2D eigenvalue weighted by molar-refractivity contribution is -0.0502. The van der Waals surface area contributed by atoms with Crippen LogP contribution in [0, 0.1) is 6.92 Å². The van der Waals surface area contributed by atoms with Gasteiger partial charge in [0.1, 0.15) is 0 Å². The molecular weight excluding hydrogens is 250 g/mol. The van der Waals surface area contributed by atoms with Gasteiger partial charge in [-0.15, -0.1) is 0 Å². The monoisotopic (exact) mass is 257 g/mol. The van der Waals surface area contributed by atoms with Gasteiger partial charge in [-0.1, -0.05) is 15.9 Å². The van der Waals surface area contributed by atoms with Crippen LogP contribution >= 0.6 is 15.9 Å². The Kier molecular flexibility index (Phi) is 2.20. The Morgan fingerprint density at radius 2 is 2.29 bits per heavy atom. The van der Waals surface area contributed by atoms with E-state index in [1.54, 1.807) is 12.1 Å². The SMILES string of the molecule is Cc1cc2c(cc1Br)NC(O)OC2=O. The lowest BCUT2D eigenvalue weighted by Crippen LogP contribution is -2.31. The molecule has 0 fully saturated rings. The molecule has 1 aliphatic heterocycles. The van der Waals surface area contributed by atoms with Gasteiger partial charge in [-0.25, -0.2) is 4.79 Å². The van der Waals surface area contributed by atoms with Gasteiger partial charge in [0.25, 0.3) is 6.41 Å². The summed E-state index contributed by atoms with van der Waals surface area (Å²) in [6.07, 6.45) is -1.26. The summed E-state index contributed by atoms with van der Waals surface area (Å²) in [5.41, 5.74) is 1.96. The molecular formula is C9H8BrNO3. The van der Waals surface area contributed by atoms with E-state index in [4.69, 9.17) is 5.11 Å². The molecule has 0 saturated carbocycles. The van der Waals surface area contributed by atoms with E-state index < -0.39 is 12.4 Å². The van der Waals surface area contributed by atoms with E-state index in [1.807, 2.05) is 6.92 Å². The summed E-state index contributed by atoms with van der Waals surface area (Å²) in [6, 6.07) is 3.45. The lowest BCUT2D eigenvalue weighted by atomic mass is 10.1. The number of carbonyl (C=O) groups excluding carboxylic acids is 1. The Balaban J connectivity index is 2.55. The zero-order valence-corrected chi connectivity index (χ0v) is 8.96. The molecule has 4 nitrogen and oxygen atoms in total. The molecule has 0 radical (unpaired) electrons. The van der Waals surface area contributed by atoms with Crippen LogP contribution in [-0.2, 0) is 4.74 Å². The van der Waals surface area contributed by atoms with Crippen molar-refractivity contribution in [3.05, 3.63) is 27.7 Å². The van der Waals surface area contributed by atoms with Crippen molar-refractivity contribution in [1.82, 2.24) is 0 Å². The summed E-state index contributed by atoms with van der Waals surface area (Å²) < 4.78 is 5.48. The van der Waals surface area contributed by atoms with Crippen LogP contribution in [0.5, 0.6) is 0 Å². The highest BCUT2D eigenvalue weighted by Gasteiger charge is 2.24. The first-order valence-corrected chi connectivity index (χ1v) is 4.83. The molecule has 2 N–H and O–H groups in total. The topological polar surface area (TPSA) is 58.6 Å². The van der Waals surface area contributed by atoms with Gasteiger partial charge >= 0.3 is 5.97 Å². The summed E-state index contributed by atoms with van der Waals surface area (Å²) in [4.78, 5) is 11.3. The van der Waals surface area contributed by atoms with Gasteiger partial charge in [0, 0.05) is 4.47 Å². The number of halogens is 1. The third-order valence-corrected chi connectivity index (χ3v) is 2.87. The van der Waals surface area contributed by atoms with Crippen LogP contribution in [0.25, 0.3) is 0 Å². The van der Waals surface area contributed by atoms with Crippen LogP contribution < -0.4 is 5.32 Å². The average molecular weight is 258 g/mol. The fraction of sp³-hybridized carbons (Fsp3) is 0.222. The predicted molar refractivity (Wildman–Crippen MR) is 53.9 cm³/mol. The summed E-state index contributed by atoms with van der Waals surface area (Å²) in [5, 5.41) is 11.8. The predicted octanol–water partition coefficient (Wildman–Crippen LogP) is 1.62. The number of ether oxygens (including phenoxy) is 1. The van der Waals surface area contributed by atoms with Crippen molar-refractivity contribution < 1.29 is 14.6 Å². The van der Waals surface area contributed by atoms with Crippen LogP contribution in [0.4, 0.5) is 5.69 Å². The minimum atomic E-state index is -1.26. The van der Waals surface area contributed by atoms with E-state index in [1.165, 1.54) is 0 Å². The number of rotatable bonds is 0. The van der Waals surface area contributed by atoms with Crippen molar-refractivity contribution in [2.45, 2.75) is 13.3 Å². The van der Waals surface area contributed by atoms with Gasteiger partial charge in [0.05, 0.1) is 11.3 Å². The first-order valence-electron chi connectivity index (χ1n) is 4.03. The standard InChI is InChI=1S/C9H8BrNO3/c1-4-2-5-7(3-6(4)10)11-9(13)14-8(5)12/h2-3,9,11,13H,1H3. The van der Waals surface area contributed by atoms with Crippen molar-refractivity contribution in [2.75, 3.05) is 5.32 Å². The van der Waals surface area contributed by atoms with Gasteiger partial charge in [0.15, 0.2) is 0 Å². The Hall–Kier alpha value is -1.07. The first-order chi connectivity index (χ1) is 6.58. The number of esters is 1. The van der Waals surface area contributed by atoms with Gasteiger partial charge in [-0.3, -0.25) is 0 Å². The van der Waals surface area contributed by atoms with Crippen LogP contribution in [0.2, 0.25) is 0 Å². The van der Waals surface area contributed by atoms with Crippen molar-refractivity contribution in [3.8, 4) is 0 Å². The van der Waals surface area contributed by atoms with Gasteiger partial charge in [-0.2, -0.15) is 0 Å². The molecule has 0 aromatic heterocycles. The largest absolute Gasteiger partial charge is 0.413 e. The van der Waals surface area contributed by atoms with Gasteiger partial charge in [-0.05, 0) is 24.6 Å². The maximum Gasteiger partial charge on any atom is 0.343 e. The molecule has 1 atom stereocenters. The summed E-state index contributed by atoms with van der Waals surface area (Å²) >= 11 is 3.34. The highest BCUT2D eigenvalue weighted by Crippen LogP contribution is 2.28. The zero-order valence-electron chi connectivity index (χ0n) is 7.37. The molecule has 1 unspecified atom stereocenters. The molecule has 0 amide bonds. The fourth-order valence-electron chi connectivity index (χ4n) is 1.30. The minimum Gasteiger partial charge on any atom is -0.413 e. The number of aryl methyl sites for hydroxylation is 1. The number of cyclic esters (lactones) is 1. The fourth-order valence-corrected chi connectivity index (χ4v) is 1.64. The Labute approximate surface area is 89.0 Å². The highest BCUT2D eigenvalue weighted by molar-refractivity contribution is 9.10. The number of nitrogens with one attached hydrogen (secondary N) is 1. The number of aliphatic hydroxyl groups excluding tert-OH is 1. The normalized spacial score (nSPS) is 19.6. The first kappa shape index (κ1) is 9.48. The smallest absolute Gasteiger partial charge is 0.343 e. The Bertz CT molecular complexity index is 405. The van der Waals surface area contributed by atoms with Crippen LogP contribution in [0.15, 0.2) is 16.6 Å². The number of hydrogen-bond donors (Lipinski definition) is 2. The van der Waals surface area contributed by atoms with E-state index >= 15 is 0 Å². The molecule has 1 heterocycles. The number of aliphatic hydroxyl groups is 1. The van der Waals surface area contributed by atoms with E-state index in [-0.39, 0.29) is 0 Å². The molecule has 74 valence electrons. The third kappa shape index (κ3) is 1.49. The number of anilines is 1. The summed E-state index contributed by atoms with van der Waals surface area (Å²) in [6.45, 7) is 1.88. The maximum absolute atomic E-state index is 11.3. The van der Waals surface area contributed by atoms with E-state index in [0.717, 1.165) is 10.0 Å². The second-order valence-corrected chi connectivity index (χ2v) is 3.90. The lowest BCUT2D eigenvalue weighted by Gasteiger charge is -2.23. The van der Waals surface area contributed by atoms with Gasteiger partial charge < -0.3 is 15.2 Å². The Morgan fingerprint density at radius 1 is 1.57 bits per heavy atom. The molecule has 2 rings (SSSR count). The molecule has 0 saturated heterocycles. The molecule has 14 heavy (non-hydrogen) atoms. The second kappa shape index (κ2) is 3.25. The molecule has 0 bridgehead atoms. The van der Waals surface area contributed by atoms with Gasteiger partial charge in [0.2, 0.25) is 0 Å². The minimum absolute atomic E-state index is 0.441.